The van der Waals surface area contributed by atoms with Crippen LogP contribution >= 0.6 is 0 Å². The number of hydrogen-bond acceptors (Lipinski definition) is 2. The van der Waals surface area contributed by atoms with Gasteiger partial charge in [-0.1, -0.05) is 27.2 Å². The number of rotatable bonds is 5. The minimum absolute atomic E-state index is 0.311. The maximum atomic E-state index is 12.2. The first kappa shape index (κ1) is 16.8. The molecule has 1 aliphatic heterocycles. The van der Waals surface area contributed by atoms with Crippen molar-refractivity contribution in [2.24, 2.45) is 11.3 Å². The molecule has 2 rings (SSSR count). The van der Waals surface area contributed by atoms with Crippen LogP contribution in [0.1, 0.15) is 72.1 Å². The van der Waals surface area contributed by atoms with Crippen LogP contribution in [0, 0.1) is 11.3 Å². The van der Waals surface area contributed by atoms with Crippen LogP contribution in [-0.2, 0) is 4.79 Å². The van der Waals surface area contributed by atoms with E-state index in [9.17, 15) is 4.79 Å². The second-order valence-corrected chi connectivity index (χ2v) is 7.71. The van der Waals surface area contributed by atoms with Crippen LogP contribution in [0.3, 0.4) is 0 Å². The summed E-state index contributed by atoms with van der Waals surface area (Å²) in [6.07, 6.45) is 10.0. The topological polar surface area (TPSA) is 32.3 Å². The standard InChI is InChI=1S/C18H34N2O/c1-4-18(2,3)15-8-10-16(11-9-15)19-14-17(21)20-12-6-5-7-13-20/h15-16,19H,4-14H2,1-3H3. The van der Waals surface area contributed by atoms with Crippen LogP contribution in [0.25, 0.3) is 0 Å². The van der Waals surface area contributed by atoms with Crippen LogP contribution in [0.5, 0.6) is 0 Å². The summed E-state index contributed by atoms with van der Waals surface area (Å²) < 4.78 is 0. The predicted molar refractivity (Wildman–Crippen MR) is 88.3 cm³/mol. The highest BCUT2D eigenvalue weighted by molar-refractivity contribution is 5.78. The van der Waals surface area contributed by atoms with Gasteiger partial charge >= 0.3 is 0 Å². The Bertz CT molecular complexity index is 326. The normalized spacial score (nSPS) is 27.7. The number of likely N-dealkylation sites (tertiary alicyclic amines) is 1. The van der Waals surface area contributed by atoms with Gasteiger partial charge in [0.05, 0.1) is 6.54 Å². The second-order valence-electron chi connectivity index (χ2n) is 7.71. The molecule has 0 spiro atoms. The molecule has 0 aromatic carbocycles. The summed E-state index contributed by atoms with van der Waals surface area (Å²) >= 11 is 0. The van der Waals surface area contributed by atoms with E-state index in [0.29, 0.717) is 23.9 Å². The molecule has 1 heterocycles. The minimum atomic E-state index is 0.311. The van der Waals surface area contributed by atoms with Crippen molar-refractivity contribution < 1.29 is 4.79 Å². The molecule has 2 fully saturated rings. The lowest BCUT2D eigenvalue weighted by Crippen LogP contribution is -2.45. The van der Waals surface area contributed by atoms with E-state index in [0.717, 1.165) is 19.0 Å². The van der Waals surface area contributed by atoms with E-state index in [1.807, 2.05) is 4.90 Å². The summed E-state index contributed by atoms with van der Waals surface area (Å²) in [7, 11) is 0. The number of carbonyl (C=O) groups excluding carboxylic acids is 1. The maximum absolute atomic E-state index is 12.2. The average molecular weight is 294 g/mol. The Morgan fingerprint density at radius 1 is 1.10 bits per heavy atom. The second kappa shape index (κ2) is 7.62. The van der Waals surface area contributed by atoms with Crippen molar-refractivity contribution in [1.29, 1.82) is 0 Å². The fourth-order valence-electron chi connectivity index (χ4n) is 3.85. The quantitative estimate of drug-likeness (QED) is 0.840. The Kier molecular flexibility index (Phi) is 6.09. The van der Waals surface area contributed by atoms with Gasteiger partial charge in [0, 0.05) is 19.1 Å². The van der Waals surface area contributed by atoms with Crippen LogP contribution in [0.15, 0.2) is 0 Å². The molecule has 1 aliphatic carbocycles. The van der Waals surface area contributed by atoms with E-state index >= 15 is 0 Å². The first-order valence-corrected chi connectivity index (χ1v) is 9.04. The molecule has 3 heteroatoms. The zero-order valence-electron chi connectivity index (χ0n) is 14.3. The van der Waals surface area contributed by atoms with Crippen molar-refractivity contribution in [2.45, 2.75) is 78.2 Å². The van der Waals surface area contributed by atoms with Crippen molar-refractivity contribution in [3.05, 3.63) is 0 Å². The summed E-state index contributed by atoms with van der Waals surface area (Å²) in [5.41, 5.74) is 0.481. The van der Waals surface area contributed by atoms with E-state index in [2.05, 4.69) is 26.1 Å². The minimum Gasteiger partial charge on any atom is -0.342 e. The molecule has 0 bridgehead atoms. The first-order chi connectivity index (χ1) is 10.0. The SMILES string of the molecule is CCC(C)(C)C1CCC(NCC(=O)N2CCCCC2)CC1. The van der Waals surface area contributed by atoms with Gasteiger partial charge in [-0.25, -0.2) is 0 Å². The van der Waals surface area contributed by atoms with Gasteiger partial charge in [0.25, 0.3) is 0 Å². The van der Waals surface area contributed by atoms with Crippen molar-refractivity contribution in [3.8, 4) is 0 Å². The summed E-state index contributed by atoms with van der Waals surface area (Å²) in [6.45, 7) is 9.61. The van der Waals surface area contributed by atoms with Crippen LogP contribution < -0.4 is 5.32 Å². The van der Waals surface area contributed by atoms with Crippen molar-refractivity contribution in [1.82, 2.24) is 10.2 Å². The van der Waals surface area contributed by atoms with Gasteiger partial charge in [0.2, 0.25) is 5.91 Å². The van der Waals surface area contributed by atoms with Crippen LogP contribution in [0.2, 0.25) is 0 Å². The lowest BCUT2D eigenvalue weighted by atomic mass is 9.69. The zero-order chi connectivity index (χ0) is 15.3. The Morgan fingerprint density at radius 3 is 2.29 bits per heavy atom. The van der Waals surface area contributed by atoms with E-state index in [1.165, 1.54) is 51.4 Å². The largest absolute Gasteiger partial charge is 0.342 e. The molecule has 3 nitrogen and oxygen atoms in total. The highest BCUT2D eigenvalue weighted by Crippen LogP contribution is 2.40. The Labute approximate surface area is 130 Å². The molecule has 0 radical (unpaired) electrons. The Morgan fingerprint density at radius 2 is 1.71 bits per heavy atom. The van der Waals surface area contributed by atoms with Crippen LogP contribution in [0.4, 0.5) is 0 Å². The van der Waals surface area contributed by atoms with Crippen molar-refractivity contribution in [2.75, 3.05) is 19.6 Å². The summed E-state index contributed by atoms with van der Waals surface area (Å²) in [6, 6.07) is 0.558. The molecule has 0 unspecified atom stereocenters. The summed E-state index contributed by atoms with van der Waals surface area (Å²) in [5, 5.41) is 3.52. The molecule has 0 aromatic heterocycles. The van der Waals surface area contributed by atoms with Gasteiger partial charge < -0.3 is 10.2 Å². The predicted octanol–water partition coefficient (Wildman–Crippen LogP) is 3.58. The van der Waals surface area contributed by atoms with E-state index in [1.54, 1.807) is 0 Å². The summed E-state index contributed by atoms with van der Waals surface area (Å²) in [5.74, 6) is 1.17. The number of piperidine rings is 1. The third-order valence-electron chi connectivity index (χ3n) is 5.99. The fraction of sp³-hybridized carbons (Fsp3) is 0.944. The van der Waals surface area contributed by atoms with E-state index in [-0.39, 0.29) is 0 Å². The lowest BCUT2D eigenvalue weighted by Gasteiger charge is -2.39. The summed E-state index contributed by atoms with van der Waals surface area (Å²) in [4.78, 5) is 14.2. The van der Waals surface area contributed by atoms with Gasteiger partial charge in [0.15, 0.2) is 0 Å². The molecule has 1 N–H and O–H groups in total. The number of hydrogen-bond donors (Lipinski definition) is 1. The lowest BCUT2D eigenvalue weighted by molar-refractivity contribution is -0.131. The molecule has 2 aliphatic rings. The fourth-order valence-corrected chi connectivity index (χ4v) is 3.85. The monoisotopic (exact) mass is 294 g/mol. The third kappa shape index (κ3) is 4.70. The highest BCUT2D eigenvalue weighted by atomic mass is 16.2. The highest BCUT2D eigenvalue weighted by Gasteiger charge is 2.31. The average Bonchev–Trinajstić information content (AvgIpc) is 2.54. The molecule has 122 valence electrons. The van der Waals surface area contributed by atoms with Crippen LogP contribution in [-0.4, -0.2) is 36.5 Å². The molecule has 1 saturated heterocycles. The smallest absolute Gasteiger partial charge is 0.236 e. The van der Waals surface area contributed by atoms with Crippen molar-refractivity contribution >= 4 is 5.91 Å². The number of carbonyl (C=O) groups is 1. The van der Waals surface area contributed by atoms with Gasteiger partial charge in [-0.2, -0.15) is 0 Å². The molecule has 1 amide bonds. The van der Waals surface area contributed by atoms with E-state index < -0.39 is 0 Å². The number of nitrogens with zero attached hydrogens (tertiary/aromatic N) is 1. The molecule has 1 saturated carbocycles. The van der Waals surface area contributed by atoms with Gasteiger partial charge in [-0.3, -0.25) is 4.79 Å². The molecule has 21 heavy (non-hydrogen) atoms. The third-order valence-corrected chi connectivity index (χ3v) is 5.99. The van der Waals surface area contributed by atoms with E-state index in [4.69, 9.17) is 0 Å². The molecular formula is C18H34N2O. The Balaban J connectivity index is 1.68. The molecule has 0 atom stereocenters. The first-order valence-electron chi connectivity index (χ1n) is 9.04. The number of amides is 1. The van der Waals surface area contributed by atoms with Gasteiger partial charge in [-0.15, -0.1) is 0 Å². The zero-order valence-corrected chi connectivity index (χ0v) is 14.3. The Hall–Kier alpha value is -0.570. The maximum Gasteiger partial charge on any atom is 0.236 e. The number of nitrogens with one attached hydrogen (secondary N) is 1. The van der Waals surface area contributed by atoms with Gasteiger partial charge in [-0.05, 0) is 56.3 Å². The van der Waals surface area contributed by atoms with Crippen molar-refractivity contribution in [3.63, 3.8) is 0 Å². The molecule has 0 aromatic rings. The van der Waals surface area contributed by atoms with Gasteiger partial charge in [0.1, 0.15) is 0 Å². The molecular weight excluding hydrogens is 260 g/mol.